The van der Waals surface area contributed by atoms with Crippen molar-refractivity contribution in [3.05, 3.63) is 59.3 Å². The molecule has 0 aliphatic heterocycles. The van der Waals surface area contributed by atoms with Gasteiger partial charge in [0.2, 0.25) is 0 Å². The molecule has 0 saturated carbocycles. The van der Waals surface area contributed by atoms with Crippen LogP contribution < -0.4 is 5.32 Å². The number of nitrogens with zero attached hydrogens (tertiary/aromatic N) is 1. The third-order valence-corrected chi connectivity index (χ3v) is 3.98. The number of aromatic nitrogens is 1. The Morgan fingerprint density at radius 2 is 1.90 bits per heavy atom. The van der Waals surface area contributed by atoms with Crippen LogP contribution in [0.1, 0.15) is 22.7 Å². The second-order valence-corrected chi connectivity index (χ2v) is 5.50. The van der Waals surface area contributed by atoms with Crippen molar-refractivity contribution < 1.29 is 13.2 Å². The van der Waals surface area contributed by atoms with Crippen LogP contribution in [-0.4, -0.2) is 10.4 Å². The van der Waals surface area contributed by atoms with Crippen LogP contribution in [0, 0.1) is 0 Å². The fraction of sp³-hybridized carbons (Fsp3) is 0.267. The van der Waals surface area contributed by atoms with Crippen molar-refractivity contribution in [1.29, 1.82) is 0 Å². The number of halogens is 4. The van der Waals surface area contributed by atoms with Crippen molar-refractivity contribution in [2.24, 2.45) is 0 Å². The van der Waals surface area contributed by atoms with E-state index in [1.807, 2.05) is 24.3 Å². The molecule has 1 heterocycles. The molecule has 1 N–H and O–H groups in total. The van der Waals surface area contributed by atoms with Crippen LogP contribution in [-0.2, 0) is 12.6 Å². The van der Waals surface area contributed by atoms with Gasteiger partial charge in [0, 0.05) is 6.20 Å². The number of benzene rings is 1. The lowest BCUT2D eigenvalue weighted by molar-refractivity contribution is -0.137. The SMILES string of the molecule is FC(F)(F)c1cccnc1NC1c2ccccc2CC1Cl. The first-order valence-corrected chi connectivity index (χ1v) is 6.91. The fourth-order valence-corrected chi connectivity index (χ4v) is 2.98. The Hall–Kier alpha value is -1.75. The predicted octanol–water partition coefficient (Wildman–Crippen LogP) is 4.42. The average Bonchev–Trinajstić information content (AvgIpc) is 2.75. The number of rotatable bonds is 2. The summed E-state index contributed by atoms with van der Waals surface area (Å²) in [5, 5.41) is 2.56. The molecular weight excluding hydrogens is 301 g/mol. The number of anilines is 1. The Labute approximate surface area is 125 Å². The van der Waals surface area contributed by atoms with Gasteiger partial charge in [-0.05, 0) is 29.7 Å². The van der Waals surface area contributed by atoms with Crippen LogP contribution in [0.2, 0.25) is 0 Å². The van der Waals surface area contributed by atoms with Gasteiger partial charge in [0.1, 0.15) is 5.82 Å². The van der Waals surface area contributed by atoms with Gasteiger partial charge in [0.05, 0.1) is 17.0 Å². The highest BCUT2D eigenvalue weighted by Crippen LogP contribution is 2.40. The molecule has 1 aromatic carbocycles. The molecule has 0 fully saturated rings. The molecule has 0 spiro atoms. The van der Waals surface area contributed by atoms with Crippen LogP contribution in [0.4, 0.5) is 19.0 Å². The van der Waals surface area contributed by atoms with E-state index in [0.717, 1.165) is 17.2 Å². The van der Waals surface area contributed by atoms with Crippen LogP contribution in [0.3, 0.4) is 0 Å². The van der Waals surface area contributed by atoms with E-state index in [0.29, 0.717) is 6.42 Å². The minimum atomic E-state index is -4.45. The number of hydrogen-bond acceptors (Lipinski definition) is 2. The van der Waals surface area contributed by atoms with E-state index in [1.54, 1.807) is 0 Å². The molecular formula is C15H12ClF3N2. The summed E-state index contributed by atoms with van der Waals surface area (Å²) in [6.07, 6.45) is -2.48. The maximum absolute atomic E-state index is 13.0. The third-order valence-electron chi connectivity index (χ3n) is 3.57. The summed E-state index contributed by atoms with van der Waals surface area (Å²) in [6.45, 7) is 0. The Morgan fingerprint density at radius 3 is 2.67 bits per heavy atom. The molecule has 2 aromatic rings. The average molecular weight is 313 g/mol. The minimum Gasteiger partial charge on any atom is -0.361 e. The van der Waals surface area contributed by atoms with E-state index in [2.05, 4.69) is 10.3 Å². The first-order chi connectivity index (χ1) is 9.97. The van der Waals surface area contributed by atoms with Gasteiger partial charge in [0.25, 0.3) is 0 Å². The van der Waals surface area contributed by atoms with Crippen molar-refractivity contribution in [1.82, 2.24) is 4.98 Å². The third kappa shape index (κ3) is 2.70. The molecule has 3 rings (SSSR count). The Bertz CT molecular complexity index is 657. The Balaban J connectivity index is 1.95. The van der Waals surface area contributed by atoms with E-state index in [1.165, 1.54) is 12.3 Å². The van der Waals surface area contributed by atoms with Gasteiger partial charge in [-0.3, -0.25) is 0 Å². The molecule has 1 aliphatic rings. The monoisotopic (exact) mass is 312 g/mol. The van der Waals surface area contributed by atoms with Gasteiger partial charge in [0.15, 0.2) is 0 Å². The van der Waals surface area contributed by atoms with Crippen molar-refractivity contribution in [3.63, 3.8) is 0 Å². The van der Waals surface area contributed by atoms with Crippen LogP contribution in [0.15, 0.2) is 42.6 Å². The lowest BCUT2D eigenvalue weighted by Crippen LogP contribution is -2.20. The lowest BCUT2D eigenvalue weighted by Gasteiger charge is -2.20. The molecule has 2 unspecified atom stereocenters. The van der Waals surface area contributed by atoms with Crippen LogP contribution in [0.25, 0.3) is 0 Å². The summed E-state index contributed by atoms with van der Waals surface area (Å²) in [7, 11) is 0. The maximum atomic E-state index is 13.0. The van der Waals surface area contributed by atoms with Gasteiger partial charge in [-0.25, -0.2) is 4.98 Å². The Kier molecular flexibility index (Phi) is 3.53. The molecule has 0 saturated heterocycles. The first-order valence-electron chi connectivity index (χ1n) is 6.47. The number of alkyl halides is 4. The summed E-state index contributed by atoms with van der Waals surface area (Å²) in [5.41, 5.74) is 1.20. The lowest BCUT2D eigenvalue weighted by atomic mass is 10.1. The summed E-state index contributed by atoms with van der Waals surface area (Å²) in [6, 6.07) is 9.48. The molecule has 21 heavy (non-hydrogen) atoms. The highest BCUT2D eigenvalue weighted by molar-refractivity contribution is 6.21. The zero-order chi connectivity index (χ0) is 15.0. The van der Waals surface area contributed by atoms with Crippen molar-refractivity contribution in [2.45, 2.75) is 24.0 Å². The summed E-state index contributed by atoms with van der Waals surface area (Å²) >= 11 is 6.29. The minimum absolute atomic E-state index is 0.183. The maximum Gasteiger partial charge on any atom is 0.419 e. The van der Waals surface area contributed by atoms with E-state index >= 15 is 0 Å². The normalized spacial score (nSPS) is 21.1. The molecule has 2 atom stereocenters. The number of pyridine rings is 1. The van der Waals surface area contributed by atoms with E-state index in [9.17, 15) is 13.2 Å². The highest BCUT2D eigenvalue weighted by atomic mass is 35.5. The fourth-order valence-electron chi connectivity index (χ4n) is 2.61. The summed E-state index contributed by atoms with van der Waals surface area (Å²) in [4.78, 5) is 3.83. The molecule has 1 aliphatic carbocycles. The zero-order valence-corrected chi connectivity index (χ0v) is 11.6. The molecule has 2 nitrogen and oxygen atoms in total. The smallest absolute Gasteiger partial charge is 0.361 e. The number of nitrogens with one attached hydrogen (secondary N) is 1. The predicted molar refractivity (Wildman–Crippen MR) is 75.4 cm³/mol. The van der Waals surface area contributed by atoms with Crippen molar-refractivity contribution in [2.75, 3.05) is 5.32 Å². The van der Waals surface area contributed by atoms with E-state index in [4.69, 9.17) is 11.6 Å². The molecule has 0 radical (unpaired) electrons. The van der Waals surface area contributed by atoms with Gasteiger partial charge in [-0.1, -0.05) is 24.3 Å². The Morgan fingerprint density at radius 1 is 1.14 bits per heavy atom. The highest BCUT2D eigenvalue weighted by Gasteiger charge is 2.37. The van der Waals surface area contributed by atoms with E-state index < -0.39 is 11.7 Å². The molecule has 1 aromatic heterocycles. The van der Waals surface area contributed by atoms with Gasteiger partial charge >= 0.3 is 6.18 Å². The largest absolute Gasteiger partial charge is 0.419 e. The van der Waals surface area contributed by atoms with Gasteiger partial charge < -0.3 is 5.32 Å². The summed E-state index contributed by atoms with van der Waals surface area (Å²) < 4.78 is 39.0. The van der Waals surface area contributed by atoms with Crippen molar-refractivity contribution in [3.8, 4) is 0 Å². The molecule has 110 valence electrons. The molecule has 6 heteroatoms. The summed E-state index contributed by atoms with van der Waals surface area (Å²) in [5.74, 6) is -0.183. The van der Waals surface area contributed by atoms with Crippen molar-refractivity contribution >= 4 is 17.4 Å². The zero-order valence-electron chi connectivity index (χ0n) is 10.9. The number of fused-ring (bicyclic) bond motifs is 1. The molecule has 0 bridgehead atoms. The standard InChI is InChI=1S/C15H12ClF3N2/c16-12-8-9-4-1-2-5-10(9)13(12)21-14-11(15(17,18)19)6-3-7-20-14/h1-7,12-13H,8H2,(H,20,21). The van der Waals surface area contributed by atoms with Crippen LogP contribution in [0.5, 0.6) is 0 Å². The second kappa shape index (κ2) is 5.22. The van der Waals surface area contributed by atoms with Crippen LogP contribution >= 0.6 is 11.6 Å². The first kappa shape index (κ1) is 14.2. The second-order valence-electron chi connectivity index (χ2n) is 4.94. The molecule has 0 amide bonds. The topological polar surface area (TPSA) is 24.9 Å². The van der Waals surface area contributed by atoms with Gasteiger partial charge in [-0.2, -0.15) is 13.2 Å². The van der Waals surface area contributed by atoms with E-state index in [-0.39, 0.29) is 17.2 Å². The number of hydrogen-bond donors (Lipinski definition) is 1. The quantitative estimate of drug-likeness (QED) is 0.830. The van der Waals surface area contributed by atoms with Gasteiger partial charge in [-0.15, -0.1) is 11.6 Å².